The molecule has 7 heterocycles. The summed E-state index contributed by atoms with van der Waals surface area (Å²) < 4.78 is 67.9. The Bertz CT molecular complexity index is 5550. The molecular weight excluding hydrogens is 1800 g/mol. The number of rotatable bonds is 34. The van der Waals surface area contributed by atoms with Crippen LogP contribution in [0.4, 0.5) is 0 Å². The monoisotopic (exact) mass is 1900 g/mol. The Morgan fingerprint density at radius 2 is 0.628 bits per heavy atom. The van der Waals surface area contributed by atoms with Crippen molar-refractivity contribution < 1.29 is 162 Å². The minimum Gasteiger partial charge on any atom is -0.478 e. The normalized spacial score (nSPS) is 15.2. The van der Waals surface area contributed by atoms with Crippen molar-refractivity contribution >= 4 is 113 Å². The Morgan fingerprint density at radius 3 is 0.920 bits per heavy atom. The summed E-state index contributed by atoms with van der Waals surface area (Å²) in [5, 5.41) is 23.4. The highest BCUT2D eigenvalue weighted by atomic mass is 16.7. The van der Waals surface area contributed by atoms with Gasteiger partial charge in [0.25, 0.3) is 0 Å². The van der Waals surface area contributed by atoms with Crippen LogP contribution in [0, 0.1) is 18.8 Å². The molecule has 0 unspecified atom stereocenters. The molecule has 0 spiro atoms. The van der Waals surface area contributed by atoms with Crippen LogP contribution in [-0.2, 0) is 156 Å². The number of para-hydroxylation sites is 1. The van der Waals surface area contributed by atoms with Crippen LogP contribution in [0.2, 0.25) is 0 Å². The summed E-state index contributed by atoms with van der Waals surface area (Å²) in [4.78, 5) is 226. The van der Waals surface area contributed by atoms with Gasteiger partial charge in [0.15, 0.2) is 18.1 Å². The summed E-state index contributed by atoms with van der Waals surface area (Å²) in [5.41, 5.74) is 7.79. The fourth-order valence-electron chi connectivity index (χ4n) is 11.3. The van der Waals surface area contributed by atoms with E-state index in [1.807, 2.05) is 30.3 Å². The molecule has 6 amide bonds. The minimum atomic E-state index is -1.23. The Kier molecular flexibility index (Phi) is 48.2. The lowest BCUT2D eigenvalue weighted by Crippen LogP contribution is -2.26. The summed E-state index contributed by atoms with van der Waals surface area (Å²) in [6.07, 6.45) is 27.4. The van der Waals surface area contributed by atoms with Gasteiger partial charge in [-0.05, 0) is 76.8 Å². The SMILES string of the molecule is C=C1CC(COC(=O)/C=C/C(=O)O)=CC(=O)N1.C=C1CC(COC(=O)/C=C/C(=O)OCC2CCCCC2)=CC(=O)N1.C=C1CC(COC(=O)/C=C/C(=O)OCOC(=O)C(C)C)=CC(=O)N1.C=C1CC(COC(=O)/C=C/C(=O)OCc2ccccc2)=CC(=O)N1.C=C1CC(COC(=O)/C=C/C(=O)OCc2oc(=O)oc2C)=CC(=O)N1.C=C1CC(COC(=O)/C=C/C(=O)Oc2ccccc2)=CC(=O)N1. The van der Waals surface area contributed by atoms with Gasteiger partial charge < -0.3 is 103 Å². The second kappa shape index (κ2) is 59.9. The number of carboxylic acid groups (broad SMARTS) is 1. The third-order valence-corrected chi connectivity index (χ3v) is 17.4. The molecule has 1 aromatic heterocycles. The molecule has 137 heavy (non-hydrogen) atoms. The van der Waals surface area contributed by atoms with Gasteiger partial charge in [0, 0.05) is 182 Å². The van der Waals surface area contributed by atoms with E-state index in [1.54, 1.807) is 44.2 Å². The van der Waals surface area contributed by atoms with E-state index in [0.717, 1.165) is 85.2 Å². The lowest BCUT2D eigenvalue weighted by molar-refractivity contribution is -0.167. The van der Waals surface area contributed by atoms with Crippen LogP contribution in [-0.4, -0.2) is 171 Å². The van der Waals surface area contributed by atoms with Crippen molar-refractivity contribution in [3.63, 3.8) is 0 Å². The highest BCUT2D eigenvalue weighted by Gasteiger charge is 2.22. The largest absolute Gasteiger partial charge is 0.519 e. The molecule has 7 N–H and O–H groups in total. The fourth-order valence-corrected chi connectivity index (χ4v) is 11.3. The molecule has 6 aliphatic heterocycles. The van der Waals surface area contributed by atoms with E-state index in [2.05, 4.69) is 89.7 Å². The molecule has 724 valence electrons. The average Bonchev–Trinajstić information content (AvgIpc) is 1.57. The van der Waals surface area contributed by atoms with Crippen molar-refractivity contribution in [3.05, 3.63) is 305 Å². The van der Waals surface area contributed by atoms with E-state index >= 15 is 0 Å². The first kappa shape index (κ1) is 110. The smallest absolute Gasteiger partial charge is 0.478 e. The van der Waals surface area contributed by atoms with Gasteiger partial charge in [0.2, 0.25) is 42.2 Å². The number of hydrogen-bond acceptors (Lipinski definition) is 34. The number of nitrogens with one attached hydrogen (secondary N) is 6. The highest BCUT2D eigenvalue weighted by Crippen LogP contribution is 2.25. The van der Waals surface area contributed by atoms with Crippen LogP contribution in [0.15, 0.2) is 291 Å². The molecule has 10 rings (SSSR count). The Labute approximate surface area is 783 Å². The van der Waals surface area contributed by atoms with Crippen molar-refractivity contribution in [1.82, 2.24) is 31.9 Å². The van der Waals surface area contributed by atoms with E-state index in [1.165, 1.54) is 62.6 Å². The molecule has 3 aromatic rings. The topological polar surface area (TPSA) is 571 Å². The maximum absolute atomic E-state index is 11.6. The van der Waals surface area contributed by atoms with Crippen LogP contribution in [0.25, 0.3) is 0 Å². The molecular formula is C96H100N6O35. The lowest BCUT2D eigenvalue weighted by Gasteiger charge is -2.20. The predicted octanol–water partition coefficient (Wildman–Crippen LogP) is 7.13. The first-order chi connectivity index (χ1) is 65.1. The third-order valence-electron chi connectivity index (χ3n) is 17.4. The number of carboxylic acids is 1. The maximum atomic E-state index is 11.6. The molecule has 1 aliphatic carbocycles. The van der Waals surface area contributed by atoms with Crippen molar-refractivity contribution in [3.8, 4) is 5.75 Å². The standard InChI is InChI=1S/C18H23NO5.C18H17NO5.C17H15NO5.C16H15NO8.C16H19NO7.C11H11NO5/c2*1-13-9-15(10-16(20)19-13)12-24-18(22)8-7-17(21)23-11-14-5-3-2-4-6-14;1-12-9-13(10-15(19)18-12)11-22-16(20)7-8-17(21)23-14-5-3-2-4-6-14;1-9-5-11(6-13(18)17-9)7-22-14(19)3-4-15(20)23-8-12-10(2)24-16(21)25-12;1-10(2)16(21)24-9-23-15(20)5-4-14(19)22-8-12-6-11(3)17-13(18)7-12;1-7-4-8(5-9(13)12-7)6-17-11(16)3-2-10(14)15/h7-8,10,14H,1-6,9,11-12H2,(H,19,20);2-8,10H,1,9,11-12H2,(H,19,20);2-8,10H,1,9,11H2,(H,18,19);3-4,6H,1,5,7-8H2,2H3,(H,17,18);4-5,7,10H,3,6,8-9H2,1-2H3,(H,17,18);2-3,5H,1,4,6H2,(H,12,13)(H,14,15)/b3*8-7+;4-3+;5-4+;3-2+. The minimum absolute atomic E-state index is 0.00721. The quantitative estimate of drug-likeness (QED) is 0.0103. The zero-order chi connectivity index (χ0) is 101. The molecule has 1 fully saturated rings. The summed E-state index contributed by atoms with van der Waals surface area (Å²) in [6, 6.07) is 17.7. The summed E-state index contributed by atoms with van der Waals surface area (Å²) in [6.45, 7) is 26.0. The van der Waals surface area contributed by atoms with Crippen LogP contribution in [0.1, 0.15) is 102 Å². The van der Waals surface area contributed by atoms with E-state index in [9.17, 15) is 95.9 Å². The molecule has 0 bridgehead atoms. The number of hydrogen-bond donors (Lipinski definition) is 7. The van der Waals surface area contributed by atoms with Crippen molar-refractivity contribution in [2.75, 3.05) is 53.0 Å². The van der Waals surface area contributed by atoms with Crippen LogP contribution in [0.3, 0.4) is 0 Å². The number of carbonyl (C=O) groups excluding carboxylic acids is 18. The summed E-state index contributed by atoms with van der Waals surface area (Å²) in [7, 11) is 0. The molecule has 7 aliphatic rings. The third kappa shape index (κ3) is 50.1. The van der Waals surface area contributed by atoms with Crippen molar-refractivity contribution in [1.29, 1.82) is 0 Å². The van der Waals surface area contributed by atoms with Gasteiger partial charge >= 0.3 is 83.4 Å². The number of benzene rings is 2. The Balaban J connectivity index is 0.000000291. The van der Waals surface area contributed by atoms with Gasteiger partial charge in [-0.25, -0.2) is 62.3 Å². The number of carbonyl (C=O) groups is 19. The van der Waals surface area contributed by atoms with Gasteiger partial charge in [-0.3, -0.25) is 33.6 Å². The lowest BCUT2D eigenvalue weighted by atomic mass is 9.90. The van der Waals surface area contributed by atoms with Gasteiger partial charge in [-0.2, -0.15) is 0 Å². The van der Waals surface area contributed by atoms with E-state index in [0.29, 0.717) is 130 Å². The van der Waals surface area contributed by atoms with Gasteiger partial charge in [-0.1, -0.05) is 121 Å². The Morgan fingerprint density at radius 1 is 0.350 bits per heavy atom. The molecule has 2 aromatic carbocycles. The number of aryl methyl sites for hydroxylation is 1. The molecule has 41 heteroatoms. The van der Waals surface area contributed by atoms with E-state index in [4.69, 9.17) is 52.5 Å². The second-order valence-corrected chi connectivity index (χ2v) is 29.6. The second-order valence-electron chi connectivity index (χ2n) is 29.6. The van der Waals surface area contributed by atoms with E-state index in [-0.39, 0.29) is 106 Å². The molecule has 41 nitrogen and oxygen atoms in total. The van der Waals surface area contributed by atoms with Gasteiger partial charge in [0.05, 0.1) is 12.5 Å². The number of esters is 12. The molecule has 0 atom stereocenters. The fraction of sp³-hybridized carbons (Fsp3) is 0.271. The maximum Gasteiger partial charge on any atom is 0.519 e. The molecule has 0 saturated heterocycles. The van der Waals surface area contributed by atoms with Crippen LogP contribution in [0.5, 0.6) is 5.75 Å². The van der Waals surface area contributed by atoms with Crippen molar-refractivity contribution in [2.45, 2.75) is 105 Å². The van der Waals surface area contributed by atoms with Crippen LogP contribution < -0.4 is 42.5 Å². The van der Waals surface area contributed by atoms with Gasteiger partial charge in [0.1, 0.15) is 52.0 Å². The molecule has 0 radical (unpaired) electrons. The zero-order valence-corrected chi connectivity index (χ0v) is 74.7. The Hall–Kier alpha value is -17.3. The summed E-state index contributed by atoms with van der Waals surface area (Å²) in [5.74, 6) is -11.6. The number of ether oxygens (including phenoxy) is 12. The van der Waals surface area contributed by atoms with E-state index < -0.39 is 90.2 Å². The average molecular weight is 1900 g/mol. The molecule has 1 saturated carbocycles. The zero-order valence-electron chi connectivity index (χ0n) is 74.7. The first-order valence-electron chi connectivity index (χ1n) is 41.3. The number of aliphatic carboxylic acids is 1. The highest BCUT2D eigenvalue weighted by molar-refractivity contribution is 5.98. The van der Waals surface area contributed by atoms with Crippen molar-refractivity contribution in [2.24, 2.45) is 11.8 Å². The van der Waals surface area contributed by atoms with Gasteiger partial charge in [-0.15, -0.1) is 0 Å². The number of amides is 6. The first-order valence-corrected chi connectivity index (χ1v) is 41.3. The van der Waals surface area contributed by atoms with Crippen LogP contribution >= 0.6 is 0 Å². The predicted molar refractivity (Wildman–Crippen MR) is 478 cm³/mol. The number of allylic oxidation sites excluding steroid dienone is 6. The summed E-state index contributed by atoms with van der Waals surface area (Å²) >= 11 is 0.